The van der Waals surface area contributed by atoms with Gasteiger partial charge in [-0.25, -0.2) is 4.39 Å². The lowest BCUT2D eigenvalue weighted by Gasteiger charge is -2.25. The Morgan fingerprint density at radius 3 is 2.92 bits per heavy atom. The number of benzene rings is 1. The van der Waals surface area contributed by atoms with Crippen LogP contribution in [0.25, 0.3) is 0 Å². The number of carbonyl (C=O) groups excluding carboxylic acids is 1. The van der Waals surface area contributed by atoms with Gasteiger partial charge in [0.15, 0.2) is 0 Å². The Hall–Kier alpha value is -2.27. The lowest BCUT2D eigenvalue weighted by atomic mass is 10.1. The van der Waals surface area contributed by atoms with Crippen LogP contribution in [-0.2, 0) is 17.9 Å². The summed E-state index contributed by atoms with van der Waals surface area (Å²) >= 11 is 0. The molecule has 1 aromatic heterocycles. The summed E-state index contributed by atoms with van der Waals surface area (Å²) in [6.07, 6.45) is 5.91. The van der Waals surface area contributed by atoms with Crippen molar-refractivity contribution in [2.24, 2.45) is 0 Å². The summed E-state index contributed by atoms with van der Waals surface area (Å²) < 4.78 is 13.6. The van der Waals surface area contributed by atoms with Crippen LogP contribution in [-0.4, -0.2) is 28.4 Å². The van der Waals surface area contributed by atoms with Gasteiger partial charge in [0.05, 0.1) is 0 Å². The summed E-state index contributed by atoms with van der Waals surface area (Å²) in [5, 5.41) is 3.28. The van der Waals surface area contributed by atoms with Gasteiger partial charge in [-0.1, -0.05) is 24.3 Å². The van der Waals surface area contributed by atoms with Crippen LogP contribution >= 0.6 is 0 Å². The molecule has 1 saturated heterocycles. The van der Waals surface area contributed by atoms with Crippen molar-refractivity contribution in [3.63, 3.8) is 0 Å². The lowest BCUT2D eigenvalue weighted by Crippen LogP contribution is -2.34. The molecule has 1 amide bonds. The molecule has 1 aliphatic heterocycles. The minimum absolute atomic E-state index is 0.181. The van der Waals surface area contributed by atoms with Gasteiger partial charge in [0.1, 0.15) is 5.82 Å². The molecule has 0 radical (unpaired) electrons. The Kier molecular flexibility index (Phi) is 5.54. The first-order chi connectivity index (χ1) is 11.7. The molecule has 0 bridgehead atoms. The fourth-order valence-corrected chi connectivity index (χ4v) is 3.13. The molecule has 4 nitrogen and oxygen atoms in total. The predicted molar refractivity (Wildman–Crippen MR) is 90.5 cm³/mol. The molecule has 1 aromatic carbocycles. The third kappa shape index (κ3) is 4.17. The minimum atomic E-state index is -0.181. The number of carbonyl (C=O) groups is 1. The van der Waals surface area contributed by atoms with E-state index in [9.17, 15) is 9.18 Å². The molecule has 1 atom stereocenters. The molecule has 24 heavy (non-hydrogen) atoms. The molecule has 126 valence electrons. The van der Waals surface area contributed by atoms with Crippen LogP contribution in [0.3, 0.4) is 0 Å². The average molecular weight is 327 g/mol. The summed E-state index contributed by atoms with van der Waals surface area (Å²) in [6.45, 7) is 1.89. The number of hydrogen-bond donors (Lipinski definition) is 1. The van der Waals surface area contributed by atoms with Crippen molar-refractivity contribution < 1.29 is 9.18 Å². The molecule has 0 spiro atoms. The van der Waals surface area contributed by atoms with E-state index in [2.05, 4.69) is 10.3 Å². The van der Waals surface area contributed by atoms with Crippen LogP contribution in [0.4, 0.5) is 4.39 Å². The number of nitrogens with one attached hydrogen (secondary N) is 1. The minimum Gasteiger partial charge on any atom is -0.335 e. The maximum Gasteiger partial charge on any atom is 0.223 e. The van der Waals surface area contributed by atoms with E-state index in [0.29, 0.717) is 25.1 Å². The van der Waals surface area contributed by atoms with Gasteiger partial charge in [0.25, 0.3) is 0 Å². The lowest BCUT2D eigenvalue weighted by molar-refractivity contribution is -0.129. The monoisotopic (exact) mass is 327 g/mol. The van der Waals surface area contributed by atoms with Crippen LogP contribution in [0.1, 0.15) is 30.4 Å². The fourth-order valence-electron chi connectivity index (χ4n) is 3.13. The zero-order valence-corrected chi connectivity index (χ0v) is 13.6. The zero-order valence-electron chi connectivity index (χ0n) is 13.6. The van der Waals surface area contributed by atoms with Crippen molar-refractivity contribution in [3.05, 3.63) is 65.7 Å². The van der Waals surface area contributed by atoms with E-state index in [4.69, 9.17) is 0 Å². The number of aromatic nitrogens is 1. The highest BCUT2D eigenvalue weighted by molar-refractivity contribution is 5.78. The van der Waals surface area contributed by atoms with Gasteiger partial charge in [0, 0.05) is 43.5 Å². The Balaban J connectivity index is 1.49. The maximum absolute atomic E-state index is 13.6. The Bertz CT molecular complexity index is 677. The van der Waals surface area contributed by atoms with Gasteiger partial charge in [0.2, 0.25) is 5.91 Å². The Labute approximate surface area is 141 Å². The van der Waals surface area contributed by atoms with Crippen molar-refractivity contribution in [1.82, 2.24) is 15.2 Å². The van der Waals surface area contributed by atoms with Crippen LogP contribution in [0.15, 0.2) is 48.8 Å². The van der Waals surface area contributed by atoms with Gasteiger partial charge >= 0.3 is 0 Å². The predicted octanol–water partition coefficient (Wildman–Crippen LogP) is 2.89. The van der Waals surface area contributed by atoms with Crippen LogP contribution in [0.5, 0.6) is 0 Å². The zero-order chi connectivity index (χ0) is 16.8. The summed E-state index contributed by atoms with van der Waals surface area (Å²) in [5.41, 5.74) is 1.73. The highest BCUT2D eigenvalue weighted by atomic mass is 19.1. The first-order valence-electron chi connectivity index (χ1n) is 8.36. The van der Waals surface area contributed by atoms with E-state index < -0.39 is 0 Å². The normalized spacial score (nSPS) is 17.5. The number of likely N-dealkylation sites (tertiary alicyclic amines) is 1. The van der Waals surface area contributed by atoms with E-state index in [1.54, 1.807) is 24.5 Å². The first kappa shape index (κ1) is 16.6. The number of amides is 1. The molecule has 1 N–H and O–H groups in total. The molecule has 1 fully saturated rings. The van der Waals surface area contributed by atoms with Crippen molar-refractivity contribution >= 4 is 5.91 Å². The summed E-state index contributed by atoms with van der Waals surface area (Å²) in [4.78, 5) is 18.2. The molecule has 2 heterocycles. The largest absolute Gasteiger partial charge is 0.335 e. The van der Waals surface area contributed by atoms with E-state index >= 15 is 0 Å². The first-order valence-corrected chi connectivity index (χ1v) is 8.36. The summed E-state index contributed by atoms with van der Waals surface area (Å²) in [7, 11) is 0. The van der Waals surface area contributed by atoms with Crippen molar-refractivity contribution in [2.75, 3.05) is 6.54 Å². The molecular weight excluding hydrogens is 305 g/mol. The molecule has 1 aliphatic rings. The fraction of sp³-hybridized carbons (Fsp3) is 0.368. The third-order valence-electron chi connectivity index (χ3n) is 4.46. The topological polar surface area (TPSA) is 45.2 Å². The molecule has 0 aliphatic carbocycles. The van der Waals surface area contributed by atoms with Crippen molar-refractivity contribution in [2.45, 2.75) is 38.4 Å². The second kappa shape index (κ2) is 8.02. The average Bonchev–Trinajstić information content (AvgIpc) is 2.94. The molecule has 0 saturated carbocycles. The molecule has 2 aromatic rings. The van der Waals surface area contributed by atoms with E-state index in [0.717, 1.165) is 24.9 Å². The second-order valence-electron chi connectivity index (χ2n) is 6.13. The highest BCUT2D eigenvalue weighted by Gasteiger charge is 2.30. The quantitative estimate of drug-likeness (QED) is 0.795. The smallest absolute Gasteiger partial charge is 0.223 e. The third-order valence-corrected chi connectivity index (χ3v) is 4.46. The molecule has 5 heteroatoms. The van der Waals surface area contributed by atoms with Gasteiger partial charge in [-0.3, -0.25) is 9.78 Å². The number of rotatable bonds is 7. The highest BCUT2D eigenvalue weighted by Crippen LogP contribution is 2.23. The van der Waals surface area contributed by atoms with Gasteiger partial charge in [-0.15, -0.1) is 0 Å². The van der Waals surface area contributed by atoms with Crippen LogP contribution in [0.2, 0.25) is 0 Å². The molecule has 3 rings (SSSR count). The standard InChI is InChI=1S/C19H22FN3O/c20-18-6-2-1-5-16(18)13-22-11-9-17-7-8-19(24)23(17)14-15-4-3-10-21-12-15/h1-6,10,12,17,22H,7-9,11,13-14H2/t17-/m0/s1. The van der Waals surface area contributed by atoms with Gasteiger partial charge < -0.3 is 10.2 Å². The van der Waals surface area contributed by atoms with Crippen molar-refractivity contribution in [1.29, 1.82) is 0 Å². The van der Waals surface area contributed by atoms with E-state index in [-0.39, 0.29) is 17.8 Å². The van der Waals surface area contributed by atoms with E-state index in [1.807, 2.05) is 23.1 Å². The molecule has 0 unspecified atom stereocenters. The van der Waals surface area contributed by atoms with Crippen LogP contribution < -0.4 is 5.32 Å². The van der Waals surface area contributed by atoms with E-state index in [1.165, 1.54) is 6.07 Å². The Morgan fingerprint density at radius 2 is 2.12 bits per heavy atom. The number of halogens is 1. The number of nitrogens with zero attached hydrogens (tertiary/aromatic N) is 2. The molecular formula is C19H22FN3O. The summed E-state index contributed by atoms with van der Waals surface area (Å²) in [5.74, 6) is 0.0252. The number of hydrogen-bond acceptors (Lipinski definition) is 3. The Morgan fingerprint density at radius 1 is 1.25 bits per heavy atom. The van der Waals surface area contributed by atoms with Crippen LogP contribution in [0, 0.1) is 5.82 Å². The maximum atomic E-state index is 13.6. The van der Waals surface area contributed by atoms with Gasteiger partial charge in [-0.05, 0) is 37.1 Å². The number of pyridine rings is 1. The van der Waals surface area contributed by atoms with Gasteiger partial charge in [-0.2, -0.15) is 0 Å². The van der Waals surface area contributed by atoms with Crippen molar-refractivity contribution in [3.8, 4) is 0 Å². The summed E-state index contributed by atoms with van der Waals surface area (Å²) in [6, 6.07) is 10.9. The second-order valence-corrected chi connectivity index (χ2v) is 6.13. The SMILES string of the molecule is O=C1CC[C@@H](CCNCc2ccccc2F)N1Cc1cccnc1.